The Kier molecular flexibility index (Phi) is 7.87. The second-order valence-corrected chi connectivity index (χ2v) is 7.74. The van der Waals surface area contributed by atoms with Crippen LogP contribution < -0.4 is 21.5 Å². The van der Waals surface area contributed by atoms with Gasteiger partial charge in [-0.15, -0.1) is 17.0 Å². The first-order valence-corrected chi connectivity index (χ1v) is 11.1. The molecule has 0 radical (unpaired) electrons. The fourth-order valence-electron chi connectivity index (χ4n) is 3.52. The number of nitrogens with one attached hydrogen (secondary N) is 4. The van der Waals surface area contributed by atoms with Crippen LogP contribution in [0, 0.1) is 0 Å². The van der Waals surface area contributed by atoms with Crippen molar-refractivity contribution in [1.29, 1.82) is 0 Å². The van der Waals surface area contributed by atoms with Gasteiger partial charge >= 0.3 is 0 Å². The number of hydrazone groups is 2. The number of guanidine groups is 2. The van der Waals surface area contributed by atoms with Crippen LogP contribution in [0.1, 0.15) is 24.0 Å². The molecule has 176 valence electrons. The highest BCUT2D eigenvalue weighted by atomic mass is 79.9. The second-order valence-electron chi connectivity index (χ2n) is 7.74. The summed E-state index contributed by atoms with van der Waals surface area (Å²) < 4.78 is 2.00. The van der Waals surface area contributed by atoms with E-state index in [1.54, 1.807) is 12.4 Å². The number of hydrogen-bond donors (Lipinski definition) is 4. The van der Waals surface area contributed by atoms with Gasteiger partial charge in [-0.05, 0) is 30.5 Å². The number of fused-ring (bicyclic) bond motifs is 1. The van der Waals surface area contributed by atoms with Crippen LogP contribution in [0.5, 0.6) is 0 Å². The first-order valence-electron chi connectivity index (χ1n) is 11.1. The molecule has 4 heterocycles. The molecule has 11 heteroatoms. The molecule has 2 aliphatic heterocycles. The zero-order valence-corrected chi connectivity index (χ0v) is 20.3. The molecule has 0 saturated heterocycles. The van der Waals surface area contributed by atoms with Crippen molar-refractivity contribution in [2.24, 2.45) is 20.2 Å². The van der Waals surface area contributed by atoms with Crippen LogP contribution in [0.2, 0.25) is 0 Å². The van der Waals surface area contributed by atoms with Gasteiger partial charge in [-0.1, -0.05) is 24.3 Å². The van der Waals surface area contributed by atoms with Crippen molar-refractivity contribution in [3.05, 3.63) is 59.9 Å². The predicted octanol–water partition coefficient (Wildman–Crippen LogP) is 2.12. The predicted molar refractivity (Wildman–Crippen MR) is 142 cm³/mol. The van der Waals surface area contributed by atoms with E-state index < -0.39 is 0 Å². The number of aromatic nitrogens is 2. The number of pyridine rings is 1. The van der Waals surface area contributed by atoms with E-state index in [0.717, 1.165) is 73.0 Å². The minimum atomic E-state index is 0. The third-order valence-electron chi connectivity index (χ3n) is 5.24. The molecule has 10 nitrogen and oxygen atoms in total. The Labute approximate surface area is 208 Å². The van der Waals surface area contributed by atoms with Crippen LogP contribution in [0.3, 0.4) is 0 Å². The third kappa shape index (κ3) is 5.98. The van der Waals surface area contributed by atoms with Crippen LogP contribution in [-0.2, 0) is 0 Å². The molecular weight excluding hydrogens is 496 g/mol. The summed E-state index contributed by atoms with van der Waals surface area (Å²) in [4.78, 5) is 13.4. The second kappa shape index (κ2) is 11.4. The van der Waals surface area contributed by atoms with E-state index in [9.17, 15) is 0 Å². The number of benzene rings is 1. The van der Waals surface area contributed by atoms with Crippen LogP contribution in [0.4, 0.5) is 0 Å². The standard InChI is InChI=1S/C23H26N10.BrH/c1-9-24-22(25-10-1)31-28-13-17-3-6-19(7-4-17)20-16-33-15-18(5-8-21(33)30-20)14-29-32-23-26-11-2-12-27-23;/h3-8,13-16H,1-2,9-12H2,(H2,24,25,31)(H2,26,27,32);1H/b28-13+,29-14+;. The molecule has 0 spiro atoms. The van der Waals surface area contributed by atoms with Gasteiger partial charge in [0, 0.05) is 49.7 Å². The maximum Gasteiger partial charge on any atom is 0.212 e. The molecule has 0 bridgehead atoms. The van der Waals surface area contributed by atoms with Gasteiger partial charge in [0.05, 0.1) is 18.1 Å². The third-order valence-corrected chi connectivity index (χ3v) is 5.24. The SMILES string of the molecule is Br.C(=N\NC1=NCCCN1)/c1ccc(-c2cn3cc(/C=N/NC4=NCCCN4)ccc3n2)cc1. The van der Waals surface area contributed by atoms with Gasteiger partial charge in [0.15, 0.2) is 0 Å². The van der Waals surface area contributed by atoms with Crippen LogP contribution in [0.25, 0.3) is 16.9 Å². The molecule has 0 fully saturated rings. The van der Waals surface area contributed by atoms with Crippen molar-refractivity contribution in [1.82, 2.24) is 30.9 Å². The van der Waals surface area contributed by atoms with E-state index in [1.807, 2.05) is 53.2 Å². The lowest BCUT2D eigenvalue weighted by molar-refractivity contribution is 0.712. The Morgan fingerprint density at radius 1 is 0.794 bits per heavy atom. The Hall–Kier alpha value is -3.73. The van der Waals surface area contributed by atoms with Gasteiger partial charge < -0.3 is 15.0 Å². The lowest BCUT2D eigenvalue weighted by atomic mass is 10.1. The zero-order valence-electron chi connectivity index (χ0n) is 18.6. The quantitative estimate of drug-likeness (QED) is 0.302. The minimum Gasteiger partial charge on any atom is -0.355 e. The van der Waals surface area contributed by atoms with Gasteiger partial charge in [-0.25, -0.2) is 15.8 Å². The average molecular weight is 523 g/mol. The van der Waals surface area contributed by atoms with E-state index in [0.29, 0.717) is 5.96 Å². The highest BCUT2D eigenvalue weighted by Crippen LogP contribution is 2.19. The number of imidazole rings is 1. The summed E-state index contributed by atoms with van der Waals surface area (Å²) in [6, 6.07) is 12.1. The van der Waals surface area contributed by atoms with Gasteiger partial charge in [-0.3, -0.25) is 9.98 Å². The maximum absolute atomic E-state index is 4.73. The average Bonchev–Trinajstić information content (AvgIpc) is 3.29. The number of nitrogens with zero attached hydrogens (tertiary/aromatic N) is 6. The molecule has 3 aromatic rings. The number of hydrogen-bond acceptors (Lipinski definition) is 9. The molecule has 1 aromatic carbocycles. The topological polar surface area (TPSA) is 115 Å². The van der Waals surface area contributed by atoms with Crippen molar-refractivity contribution in [3.8, 4) is 11.3 Å². The minimum absolute atomic E-state index is 0. The Morgan fingerprint density at radius 3 is 2.03 bits per heavy atom. The van der Waals surface area contributed by atoms with Gasteiger partial charge in [0.25, 0.3) is 0 Å². The first kappa shape index (κ1) is 23.4. The molecule has 5 rings (SSSR count). The Morgan fingerprint density at radius 2 is 1.41 bits per heavy atom. The largest absolute Gasteiger partial charge is 0.355 e. The van der Waals surface area contributed by atoms with Gasteiger partial charge in [-0.2, -0.15) is 10.2 Å². The van der Waals surface area contributed by atoms with Crippen molar-refractivity contribution in [2.45, 2.75) is 12.8 Å². The number of halogens is 1. The molecule has 0 amide bonds. The normalized spacial score (nSPS) is 15.9. The summed E-state index contributed by atoms with van der Waals surface area (Å²) in [7, 11) is 0. The molecule has 0 saturated carbocycles. The van der Waals surface area contributed by atoms with Gasteiger partial charge in [0.1, 0.15) is 5.65 Å². The van der Waals surface area contributed by atoms with Crippen LogP contribution in [-0.4, -0.2) is 59.9 Å². The first-order chi connectivity index (χ1) is 16.3. The monoisotopic (exact) mass is 522 g/mol. The van der Waals surface area contributed by atoms with Crippen molar-refractivity contribution >= 4 is 47.0 Å². The van der Waals surface area contributed by atoms with Crippen molar-refractivity contribution in [3.63, 3.8) is 0 Å². The Bertz CT molecular complexity index is 1230. The summed E-state index contributed by atoms with van der Waals surface area (Å²) in [6.07, 6.45) is 9.68. The molecule has 2 aromatic heterocycles. The van der Waals surface area contributed by atoms with E-state index in [4.69, 9.17) is 4.98 Å². The molecule has 0 atom stereocenters. The number of aliphatic imine (C=N–C) groups is 2. The summed E-state index contributed by atoms with van der Waals surface area (Å²) in [6.45, 7) is 3.50. The highest BCUT2D eigenvalue weighted by Gasteiger charge is 2.06. The molecule has 2 aliphatic rings. The number of rotatable bonds is 5. The van der Waals surface area contributed by atoms with E-state index in [2.05, 4.69) is 41.7 Å². The highest BCUT2D eigenvalue weighted by molar-refractivity contribution is 8.93. The lowest BCUT2D eigenvalue weighted by Gasteiger charge is -2.12. The van der Waals surface area contributed by atoms with Gasteiger partial charge in [0.2, 0.25) is 11.9 Å². The molecular formula is C23H27BrN10. The molecule has 0 aliphatic carbocycles. The van der Waals surface area contributed by atoms with Crippen molar-refractivity contribution in [2.75, 3.05) is 26.2 Å². The Balaban J connectivity index is 0.00000274. The summed E-state index contributed by atoms with van der Waals surface area (Å²) in [5, 5.41) is 14.9. The fraction of sp³-hybridized carbons (Fsp3) is 0.261. The molecule has 0 unspecified atom stereocenters. The summed E-state index contributed by atoms with van der Waals surface area (Å²) in [5.74, 6) is 1.44. The van der Waals surface area contributed by atoms with E-state index in [1.165, 1.54) is 0 Å². The van der Waals surface area contributed by atoms with Crippen LogP contribution in [0.15, 0.2) is 69.0 Å². The zero-order chi connectivity index (χ0) is 22.3. The van der Waals surface area contributed by atoms with Crippen molar-refractivity contribution < 1.29 is 0 Å². The fourth-order valence-corrected chi connectivity index (χ4v) is 3.52. The van der Waals surface area contributed by atoms with Crippen LogP contribution >= 0.6 is 17.0 Å². The molecule has 34 heavy (non-hydrogen) atoms. The maximum atomic E-state index is 4.73. The van der Waals surface area contributed by atoms with E-state index in [-0.39, 0.29) is 17.0 Å². The molecule has 4 N–H and O–H groups in total. The smallest absolute Gasteiger partial charge is 0.212 e. The lowest BCUT2D eigenvalue weighted by Crippen LogP contribution is -2.38. The summed E-state index contributed by atoms with van der Waals surface area (Å²) in [5.41, 5.74) is 10.7. The van der Waals surface area contributed by atoms with E-state index >= 15 is 0 Å². The summed E-state index contributed by atoms with van der Waals surface area (Å²) >= 11 is 0.